The predicted octanol–water partition coefficient (Wildman–Crippen LogP) is 3.89. The molecule has 2 aromatic heterocycles. The lowest BCUT2D eigenvalue weighted by atomic mass is 10.1. The first-order valence-electron chi connectivity index (χ1n) is 10.3. The zero-order chi connectivity index (χ0) is 23.5. The number of anilines is 1. The smallest absolute Gasteiger partial charge is 0.287 e. The quantitative estimate of drug-likeness (QED) is 0.415. The fourth-order valence-corrected chi connectivity index (χ4v) is 3.64. The van der Waals surface area contributed by atoms with E-state index in [0.717, 1.165) is 10.9 Å². The summed E-state index contributed by atoms with van der Waals surface area (Å²) in [5.74, 6) is 0.433. The Labute approximate surface area is 189 Å². The van der Waals surface area contributed by atoms with Gasteiger partial charge >= 0.3 is 0 Å². The van der Waals surface area contributed by atoms with Crippen LogP contribution in [0.25, 0.3) is 16.7 Å². The predicted molar refractivity (Wildman–Crippen MR) is 121 cm³/mol. The van der Waals surface area contributed by atoms with E-state index in [9.17, 15) is 14.4 Å². The van der Waals surface area contributed by atoms with Gasteiger partial charge in [-0.25, -0.2) is 9.07 Å². The van der Waals surface area contributed by atoms with Gasteiger partial charge in [0.25, 0.3) is 5.91 Å². The Kier molecular flexibility index (Phi) is 6.00. The molecule has 0 saturated carbocycles. The van der Waals surface area contributed by atoms with Crippen LogP contribution in [0.15, 0.2) is 46.9 Å². The van der Waals surface area contributed by atoms with Crippen LogP contribution in [0.1, 0.15) is 33.8 Å². The van der Waals surface area contributed by atoms with Gasteiger partial charge in [-0.1, -0.05) is 0 Å². The van der Waals surface area contributed by atoms with Crippen LogP contribution >= 0.6 is 0 Å². The number of benzene rings is 2. The van der Waals surface area contributed by atoms with Gasteiger partial charge in [-0.15, -0.1) is 0 Å². The summed E-state index contributed by atoms with van der Waals surface area (Å²) in [5, 5.41) is 17.6. The Bertz CT molecular complexity index is 1370. The number of rotatable bonds is 7. The van der Waals surface area contributed by atoms with E-state index in [1.54, 1.807) is 19.2 Å². The van der Waals surface area contributed by atoms with Gasteiger partial charge in [0.15, 0.2) is 5.76 Å². The van der Waals surface area contributed by atoms with Gasteiger partial charge in [0, 0.05) is 17.5 Å². The molecule has 9 heteroatoms. The first kappa shape index (κ1) is 21.9. The first-order chi connectivity index (χ1) is 15.9. The molecule has 1 amide bonds. The number of ether oxygens (including phenoxy) is 1. The number of nitrogens with zero attached hydrogens (tertiary/aromatic N) is 3. The maximum absolute atomic E-state index is 13.2. The maximum Gasteiger partial charge on any atom is 0.287 e. The largest absolute Gasteiger partial charge is 0.497 e. The molecule has 0 aliphatic rings. The molecule has 0 aliphatic carbocycles. The molecular formula is C24H22FN5O3. The second-order valence-electron chi connectivity index (χ2n) is 7.48. The second kappa shape index (κ2) is 9.04. The van der Waals surface area contributed by atoms with Crippen LogP contribution in [0.5, 0.6) is 5.75 Å². The number of aryl methyl sites for hydroxylation is 2. The van der Waals surface area contributed by atoms with Crippen LogP contribution in [-0.4, -0.2) is 29.3 Å². The average Bonchev–Trinajstić information content (AvgIpc) is 3.33. The molecule has 4 aromatic rings. The molecule has 0 atom stereocenters. The van der Waals surface area contributed by atoms with Crippen LogP contribution in [0, 0.1) is 24.1 Å². The van der Waals surface area contributed by atoms with Crippen LogP contribution in [0.4, 0.5) is 10.2 Å². The van der Waals surface area contributed by atoms with Gasteiger partial charge in [-0.3, -0.25) is 4.79 Å². The van der Waals surface area contributed by atoms with Gasteiger partial charge in [0.2, 0.25) is 0 Å². The van der Waals surface area contributed by atoms with Gasteiger partial charge in [0.1, 0.15) is 34.6 Å². The monoisotopic (exact) mass is 447 g/mol. The number of amides is 1. The number of nitrogens with one attached hydrogen (secondary N) is 1. The SMILES string of the molecule is COc1ccc2oc(C(=O)NCCCc3nn(-c4ccc(F)cc4)c(N)c3C#N)c(C)c2c1. The lowest BCUT2D eigenvalue weighted by molar-refractivity contribution is 0.0927. The molecule has 4 rings (SSSR count). The molecule has 0 radical (unpaired) electrons. The first-order valence-corrected chi connectivity index (χ1v) is 10.3. The number of nitrogens with two attached hydrogens (primary N) is 1. The molecule has 168 valence electrons. The number of hydrogen-bond donors (Lipinski definition) is 2. The molecule has 0 spiro atoms. The molecule has 0 fully saturated rings. The number of methoxy groups -OCH3 is 1. The molecule has 0 unspecified atom stereocenters. The summed E-state index contributed by atoms with van der Waals surface area (Å²) in [6, 6.07) is 13.1. The Morgan fingerprint density at radius 3 is 2.76 bits per heavy atom. The zero-order valence-electron chi connectivity index (χ0n) is 18.2. The van der Waals surface area contributed by atoms with Crippen molar-refractivity contribution < 1.29 is 18.3 Å². The molecule has 2 aromatic carbocycles. The van der Waals surface area contributed by atoms with Crippen LogP contribution in [-0.2, 0) is 6.42 Å². The van der Waals surface area contributed by atoms with Crippen molar-refractivity contribution in [3.63, 3.8) is 0 Å². The van der Waals surface area contributed by atoms with Crippen molar-refractivity contribution in [2.45, 2.75) is 19.8 Å². The van der Waals surface area contributed by atoms with Crippen molar-refractivity contribution in [3.8, 4) is 17.5 Å². The van der Waals surface area contributed by atoms with E-state index >= 15 is 0 Å². The standard InChI is InChI=1S/C24H22FN5O3/c1-14-18-12-17(32-2)9-10-21(18)33-22(14)24(31)28-11-3-4-20-19(13-26)23(27)30(29-20)16-7-5-15(25)6-8-16/h5-10,12H,3-4,11,27H2,1-2H3,(H,28,31). The number of halogens is 1. The summed E-state index contributed by atoms with van der Waals surface area (Å²) >= 11 is 0. The Hall–Kier alpha value is -4.32. The highest BCUT2D eigenvalue weighted by atomic mass is 19.1. The normalized spacial score (nSPS) is 10.8. The van der Waals surface area contributed by atoms with Crippen molar-refractivity contribution in [1.82, 2.24) is 15.1 Å². The molecule has 0 bridgehead atoms. The lowest BCUT2D eigenvalue weighted by Crippen LogP contribution is -2.25. The highest BCUT2D eigenvalue weighted by molar-refractivity contribution is 5.99. The number of furan rings is 1. The highest BCUT2D eigenvalue weighted by Gasteiger charge is 2.19. The number of carbonyl (C=O) groups is 1. The van der Waals surface area contributed by atoms with Gasteiger partial charge in [-0.05, 0) is 62.2 Å². The van der Waals surface area contributed by atoms with Gasteiger partial charge in [0.05, 0.1) is 18.5 Å². The van der Waals surface area contributed by atoms with Crippen LogP contribution in [0.3, 0.4) is 0 Å². The summed E-state index contributed by atoms with van der Waals surface area (Å²) in [6.07, 6.45) is 0.964. The Balaban J connectivity index is 1.42. The molecule has 33 heavy (non-hydrogen) atoms. The minimum atomic E-state index is -0.375. The average molecular weight is 447 g/mol. The number of nitriles is 1. The van der Waals surface area contributed by atoms with E-state index in [-0.39, 0.29) is 28.9 Å². The molecular weight excluding hydrogens is 425 g/mol. The second-order valence-corrected chi connectivity index (χ2v) is 7.48. The highest BCUT2D eigenvalue weighted by Crippen LogP contribution is 2.28. The number of fused-ring (bicyclic) bond motifs is 1. The fraction of sp³-hybridized carbons (Fsp3) is 0.208. The fourth-order valence-electron chi connectivity index (χ4n) is 3.64. The number of nitrogen functional groups attached to an aromatic ring is 1. The minimum Gasteiger partial charge on any atom is -0.497 e. The van der Waals surface area contributed by atoms with Crippen molar-refractivity contribution in [2.75, 3.05) is 19.4 Å². The van der Waals surface area contributed by atoms with E-state index in [4.69, 9.17) is 14.9 Å². The summed E-state index contributed by atoms with van der Waals surface area (Å²) in [6.45, 7) is 2.18. The summed E-state index contributed by atoms with van der Waals surface area (Å²) < 4.78 is 25.6. The van der Waals surface area contributed by atoms with E-state index in [1.807, 2.05) is 13.0 Å². The summed E-state index contributed by atoms with van der Waals surface area (Å²) in [7, 11) is 1.58. The van der Waals surface area contributed by atoms with E-state index < -0.39 is 0 Å². The third kappa shape index (κ3) is 4.23. The zero-order valence-corrected chi connectivity index (χ0v) is 18.2. The molecule has 3 N–H and O–H groups in total. The topological polar surface area (TPSA) is 119 Å². The summed E-state index contributed by atoms with van der Waals surface area (Å²) in [5.41, 5.74) is 8.77. The summed E-state index contributed by atoms with van der Waals surface area (Å²) in [4.78, 5) is 12.6. The molecule has 0 aliphatic heterocycles. The van der Waals surface area contributed by atoms with Crippen LogP contribution < -0.4 is 15.8 Å². The van der Waals surface area contributed by atoms with Crippen molar-refractivity contribution in [1.29, 1.82) is 5.26 Å². The third-order valence-electron chi connectivity index (χ3n) is 5.40. The van der Waals surface area contributed by atoms with Crippen molar-refractivity contribution >= 4 is 22.7 Å². The van der Waals surface area contributed by atoms with Crippen LogP contribution in [0.2, 0.25) is 0 Å². The number of aromatic nitrogens is 2. The van der Waals surface area contributed by atoms with Gasteiger partial charge in [-0.2, -0.15) is 10.4 Å². The van der Waals surface area contributed by atoms with Gasteiger partial charge < -0.3 is 20.2 Å². The van der Waals surface area contributed by atoms with E-state index in [2.05, 4.69) is 16.5 Å². The third-order valence-corrected chi connectivity index (χ3v) is 5.40. The maximum atomic E-state index is 13.2. The van der Waals surface area contributed by atoms with E-state index in [0.29, 0.717) is 42.1 Å². The lowest BCUT2D eigenvalue weighted by Gasteiger charge is -2.04. The van der Waals surface area contributed by atoms with E-state index in [1.165, 1.54) is 28.9 Å². The Morgan fingerprint density at radius 2 is 2.06 bits per heavy atom. The Morgan fingerprint density at radius 1 is 1.30 bits per heavy atom. The van der Waals surface area contributed by atoms with Crippen molar-refractivity contribution in [3.05, 3.63) is 70.9 Å². The molecule has 8 nitrogen and oxygen atoms in total. The number of hydrogen-bond acceptors (Lipinski definition) is 6. The van der Waals surface area contributed by atoms with Crippen molar-refractivity contribution in [2.24, 2.45) is 0 Å². The molecule has 2 heterocycles. The number of carbonyl (C=O) groups excluding carboxylic acids is 1. The minimum absolute atomic E-state index is 0.191. The molecule has 0 saturated heterocycles.